The number of carbonyl (C=O) groups excluding carboxylic acids is 1. The zero-order valence-corrected chi connectivity index (χ0v) is 34.5. The molecule has 13 heteroatoms. The highest BCUT2D eigenvalue weighted by Crippen LogP contribution is 2.68. The fraction of sp³-hybridized carbons (Fsp3) is 0.467. The normalized spacial score (nSPS) is 26.6. The van der Waals surface area contributed by atoms with E-state index < -0.39 is 65.4 Å². The summed E-state index contributed by atoms with van der Waals surface area (Å²) in [6, 6.07) is 20.5. The van der Waals surface area contributed by atoms with Gasteiger partial charge in [-0.25, -0.2) is 13.8 Å². The van der Waals surface area contributed by atoms with E-state index in [2.05, 4.69) is 34.4 Å². The fourth-order valence-electron chi connectivity index (χ4n) is 10.2. The molecular formula is C45H52Cl2F2N4O5. The van der Waals surface area contributed by atoms with Crippen molar-refractivity contribution >= 4 is 34.8 Å². The Labute approximate surface area is 348 Å². The highest BCUT2D eigenvalue weighted by Gasteiger charge is 2.71. The molecule has 9 nitrogen and oxygen atoms in total. The number of hydrogen-bond donors (Lipinski definition) is 5. The standard InChI is InChI=1S/C45H52Cl2F2N4O5/c1-43(2)17-19-45(20-18-43)44(3,32-22-34(48)33(46)23-35(32)51-26-55)36(31-16-21-50-41(47)37(31)49)39(42(57)52-29-14-15-30(24-54)58-25-29)53(45)38(27-10-6-4-7-11-27)40(56)28-12-8-5-9-13-28/h4-13,16,21-23,29-30,36,38-40,51,54-56H,14-15,17-20,24-26H2,1-3H3,(H,52,57)/t29-,30+,36+,38-,39-,40+,44?/m1/s1. The van der Waals surface area contributed by atoms with Crippen LogP contribution in [0.15, 0.2) is 85.1 Å². The van der Waals surface area contributed by atoms with Gasteiger partial charge in [0.25, 0.3) is 0 Å². The summed E-state index contributed by atoms with van der Waals surface area (Å²) in [6.45, 7) is 5.82. The van der Waals surface area contributed by atoms with Gasteiger partial charge in [0.15, 0.2) is 11.0 Å². The number of benzene rings is 3. The van der Waals surface area contributed by atoms with E-state index in [1.807, 2.05) is 67.6 Å². The molecule has 310 valence electrons. The third kappa shape index (κ3) is 7.64. The lowest BCUT2D eigenvalue weighted by Gasteiger charge is -2.57. The predicted octanol–water partition coefficient (Wildman–Crippen LogP) is 8.22. The largest absolute Gasteiger partial charge is 0.394 e. The summed E-state index contributed by atoms with van der Waals surface area (Å²) in [5, 5.41) is 38.7. The predicted molar refractivity (Wildman–Crippen MR) is 221 cm³/mol. The molecular weight excluding hydrogens is 785 g/mol. The van der Waals surface area contributed by atoms with Gasteiger partial charge in [0, 0.05) is 28.8 Å². The van der Waals surface area contributed by atoms with Crippen LogP contribution in [0.2, 0.25) is 10.2 Å². The number of pyridine rings is 1. The third-order valence-electron chi connectivity index (χ3n) is 13.3. The second-order valence-corrected chi connectivity index (χ2v) is 17.8. The van der Waals surface area contributed by atoms with Crippen LogP contribution in [0.3, 0.4) is 0 Å². The third-order valence-corrected chi connectivity index (χ3v) is 13.9. The van der Waals surface area contributed by atoms with Crippen molar-refractivity contribution in [1.29, 1.82) is 0 Å². The van der Waals surface area contributed by atoms with E-state index in [0.29, 0.717) is 55.3 Å². The molecule has 0 radical (unpaired) electrons. The Morgan fingerprint density at radius 1 is 0.948 bits per heavy atom. The zero-order valence-electron chi connectivity index (χ0n) is 33.0. The molecule has 3 fully saturated rings. The van der Waals surface area contributed by atoms with Crippen LogP contribution in [0.1, 0.15) is 99.6 Å². The number of nitrogens with one attached hydrogen (secondary N) is 2. The summed E-state index contributed by atoms with van der Waals surface area (Å²) < 4.78 is 39.1. The van der Waals surface area contributed by atoms with E-state index in [1.54, 1.807) is 0 Å². The second kappa shape index (κ2) is 17.1. The van der Waals surface area contributed by atoms with E-state index in [9.17, 15) is 15.3 Å². The molecule has 3 aliphatic rings. The van der Waals surface area contributed by atoms with Gasteiger partial charge in [-0.1, -0.05) is 105 Å². The molecule has 3 aromatic carbocycles. The van der Waals surface area contributed by atoms with Crippen LogP contribution in [-0.4, -0.2) is 74.8 Å². The van der Waals surface area contributed by atoms with Crippen LogP contribution in [-0.2, 0) is 14.9 Å². The first-order valence-corrected chi connectivity index (χ1v) is 20.8. The zero-order chi connectivity index (χ0) is 41.4. The summed E-state index contributed by atoms with van der Waals surface area (Å²) in [6.07, 6.45) is 3.20. The number of likely N-dealkylation sites (tertiary alicyclic amines) is 1. The maximum absolute atomic E-state index is 17.0. The van der Waals surface area contributed by atoms with Crippen molar-refractivity contribution in [1.82, 2.24) is 15.2 Å². The summed E-state index contributed by atoms with van der Waals surface area (Å²) in [5.74, 6) is -3.06. The average molecular weight is 838 g/mol. The lowest BCUT2D eigenvalue weighted by Crippen LogP contribution is -2.61. The minimum atomic E-state index is -1.35. The molecule has 7 atom stereocenters. The maximum atomic E-state index is 17.0. The van der Waals surface area contributed by atoms with E-state index in [0.717, 1.165) is 5.56 Å². The van der Waals surface area contributed by atoms with Crippen molar-refractivity contribution in [3.8, 4) is 0 Å². The molecule has 5 N–H and O–H groups in total. The van der Waals surface area contributed by atoms with Crippen molar-refractivity contribution in [2.45, 2.75) is 107 Å². The molecule has 1 aromatic heterocycles. The lowest BCUT2D eigenvalue weighted by molar-refractivity contribution is -0.135. The van der Waals surface area contributed by atoms with Gasteiger partial charge in [-0.2, -0.15) is 0 Å². The van der Waals surface area contributed by atoms with Gasteiger partial charge in [0.05, 0.1) is 48.6 Å². The summed E-state index contributed by atoms with van der Waals surface area (Å²) >= 11 is 13.0. The van der Waals surface area contributed by atoms with Gasteiger partial charge in [-0.3, -0.25) is 9.69 Å². The van der Waals surface area contributed by atoms with Gasteiger partial charge in [0.1, 0.15) is 12.5 Å². The minimum absolute atomic E-state index is 0.0981. The van der Waals surface area contributed by atoms with Crippen molar-refractivity contribution in [2.24, 2.45) is 5.41 Å². The van der Waals surface area contributed by atoms with Gasteiger partial charge < -0.3 is 30.7 Å². The SMILES string of the molecule is CC1(C)CCC2(CC1)N([C@H](c1ccccc1)[C@@H](O)c1ccccc1)[C@@H](C(=O)N[C@@H]1CC[C@@H](CO)OC1)[C@H](c1ccnc(Cl)c1F)C2(C)c1cc(F)c(Cl)cc1NCO. The van der Waals surface area contributed by atoms with E-state index in [4.69, 9.17) is 27.9 Å². The molecule has 7 rings (SSSR count). The molecule has 2 saturated heterocycles. The Balaban J connectivity index is 1.59. The molecule has 1 aliphatic carbocycles. The second-order valence-electron chi connectivity index (χ2n) is 17.0. The Morgan fingerprint density at radius 2 is 1.60 bits per heavy atom. The maximum Gasteiger partial charge on any atom is 0.238 e. The van der Waals surface area contributed by atoms with Crippen LogP contribution in [0.25, 0.3) is 0 Å². The number of carbonyl (C=O) groups is 1. The molecule has 3 heterocycles. The molecule has 1 saturated carbocycles. The smallest absolute Gasteiger partial charge is 0.238 e. The van der Waals surface area contributed by atoms with Gasteiger partial charge in [-0.05, 0) is 84.4 Å². The van der Waals surface area contributed by atoms with E-state index in [-0.39, 0.29) is 40.5 Å². The number of hydrogen-bond acceptors (Lipinski definition) is 8. The molecule has 0 bridgehead atoms. The molecule has 4 aromatic rings. The van der Waals surface area contributed by atoms with Gasteiger partial charge in [-0.15, -0.1) is 0 Å². The number of aliphatic hydroxyl groups is 3. The Kier molecular flexibility index (Phi) is 12.5. The Hall–Kier alpha value is -3.68. The summed E-state index contributed by atoms with van der Waals surface area (Å²) in [4.78, 5) is 21.9. The molecule has 58 heavy (non-hydrogen) atoms. The van der Waals surface area contributed by atoms with E-state index in [1.165, 1.54) is 24.4 Å². The number of anilines is 1. The van der Waals surface area contributed by atoms with Gasteiger partial charge in [0.2, 0.25) is 5.91 Å². The van der Waals surface area contributed by atoms with Crippen molar-refractivity contribution < 1.29 is 33.6 Å². The Bertz CT molecular complexity index is 2060. The first-order chi connectivity index (χ1) is 27.8. The Morgan fingerprint density at radius 3 is 2.21 bits per heavy atom. The number of aromatic nitrogens is 1. The topological polar surface area (TPSA) is 127 Å². The highest BCUT2D eigenvalue weighted by atomic mass is 35.5. The van der Waals surface area contributed by atoms with E-state index >= 15 is 13.6 Å². The van der Waals surface area contributed by atoms with Crippen LogP contribution >= 0.6 is 23.2 Å². The summed E-state index contributed by atoms with van der Waals surface area (Å²) in [5.41, 5.74) is -0.434. The fourth-order valence-corrected chi connectivity index (χ4v) is 10.6. The monoisotopic (exact) mass is 836 g/mol. The first kappa shape index (κ1) is 42.4. The first-order valence-electron chi connectivity index (χ1n) is 20.0. The molecule has 2 aliphatic heterocycles. The number of amides is 1. The minimum Gasteiger partial charge on any atom is -0.394 e. The van der Waals surface area contributed by atoms with Crippen molar-refractivity contribution in [3.63, 3.8) is 0 Å². The number of aliphatic hydroxyl groups excluding tert-OH is 3. The molecule has 1 amide bonds. The van der Waals surface area contributed by atoms with Crippen LogP contribution in [0.5, 0.6) is 0 Å². The molecule has 1 spiro atoms. The van der Waals surface area contributed by atoms with Crippen LogP contribution in [0, 0.1) is 17.0 Å². The number of ether oxygens (including phenoxy) is 1. The molecule has 1 unspecified atom stereocenters. The lowest BCUT2D eigenvalue weighted by atomic mass is 9.53. The number of rotatable bonds is 11. The van der Waals surface area contributed by atoms with Crippen LogP contribution < -0.4 is 10.6 Å². The van der Waals surface area contributed by atoms with Gasteiger partial charge >= 0.3 is 0 Å². The number of halogens is 4. The average Bonchev–Trinajstić information content (AvgIpc) is 3.44. The van der Waals surface area contributed by atoms with Crippen molar-refractivity contribution in [2.75, 3.05) is 25.3 Å². The van der Waals surface area contributed by atoms with Crippen molar-refractivity contribution in [3.05, 3.63) is 129 Å². The number of nitrogens with zero attached hydrogens (tertiary/aromatic N) is 2. The van der Waals surface area contributed by atoms with Crippen LogP contribution in [0.4, 0.5) is 14.5 Å². The quantitative estimate of drug-likeness (QED) is 0.0756. The highest BCUT2D eigenvalue weighted by molar-refractivity contribution is 6.31. The summed E-state index contributed by atoms with van der Waals surface area (Å²) in [7, 11) is 0.